The van der Waals surface area contributed by atoms with Gasteiger partial charge < -0.3 is 29.0 Å². The summed E-state index contributed by atoms with van der Waals surface area (Å²) in [6.07, 6.45) is 5.25. The summed E-state index contributed by atoms with van der Waals surface area (Å²) in [7, 11) is 0.681. The lowest BCUT2D eigenvalue weighted by Gasteiger charge is -2.24. The zero-order valence-electron chi connectivity index (χ0n) is 24.5. The summed E-state index contributed by atoms with van der Waals surface area (Å²) in [5.74, 6) is 1.34. The molecule has 0 bridgehead atoms. The number of ether oxygens (including phenoxy) is 3. The topological polar surface area (TPSA) is 109 Å². The minimum atomic E-state index is -1.18. The number of likely N-dealkylation sites (tertiary alicyclic amines) is 1. The number of rotatable bonds is 10. The number of carbonyl (C=O) groups is 1. The number of hydrogen-bond acceptors (Lipinski definition) is 8. The van der Waals surface area contributed by atoms with E-state index in [2.05, 4.69) is 37.0 Å². The van der Waals surface area contributed by atoms with Crippen molar-refractivity contribution in [2.75, 3.05) is 31.6 Å². The standard InChI is InChI=1S/C27H43N7O4Si/c1-19-14-34(26(35)38-27(2,3)4)15-20(19)17-37-24-22-9-10-33(18-36-11-12-39(6,7)8)23(22)30-25(31-24)29-21-13-28-32(5)16-21/h9-10,13,16,19-20H,11-12,14-15,17-18H2,1-8H3,(H,29,30,31)/t19-,20+/m0/s1. The van der Waals surface area contributed by atoms with Gasteiger partial charge in [0.15, 0.2) is 5.65 Å². The normalized spacial score (nSPS) is 18.1. The summed E-state index contributed by atoms with van der Waals surface area (Å²) >= 11 is 0. The zero-order chi connectivity index (χ0) is 28.4. The maximum absolute atomic E-state index is 12.6. The van der Waals surface area contributed by atoms with Crippen LogP contribution in [-0.2, 0) is 23.3 Å². The van der Waals surface area contributed by atoms with E-state index >= 15 is 0 Å². The van der Waals surface area contributed by atoms with Gasteiger partial charge in [0.1, 0.15) is 12.3 Å². The molecule has 11 nitrogen and oxygen atoms in total. The van der Waals surface area contributed by atoms with Crippen molar-refractivity contribution in [2.45, 2.75) is 65.7 Å². The summed E-state index contributed by atoms with van der Waals surface area (Å²) < 4.78 is 21.6. The molecule has 1 N–H and O–H groups in total. The first-order valence-electron chi connectivity index (χ1n) is 13.6. The first kappa shape index (κ1) is 28.9. The van der Waals surface area contributed by atoms with Crippen LogP contribution in [0.1, 0.15) is 27.7 Å². The van der Waals surface area contributed by atoms with E-state index in [1.807, 2.05) is 50.8 Å². The highest BCUT2D eigenvalue weighted by atomic mass is 28.3. The third-order valence-corrected chi connectivity index (χ3v) is 8.33. The highest BCUT2D eigenvalue weighted by Crippen LogP contribution is 2.30. The van der Waals surface area contributed by atoms with Gasteiger partial charge in [-0.15, -0.1) is 0 Å². The number of anilines is 2. The summed E-state index contributed by atoms with van der Waals surface area (Å²) in [5.41, 5.74) is 0.990. The van der Waals surface area contributed by atoms with Gasteiger partial charge in [-0.1, -0.05) is 26.6 Å². The van der Waals surface area contributed by atoms with Crippen LogP contribution in [0.2, 0.25) is 25.7 Å². The number of aromatic nitrogens is 5. The average Bonchev–Trinajstić information content (AvgIpc) is 3.52. The molecular formula is C27H43N7O4Si. The molecule has 0 unspecified atom stereocenters. The zero-order valence-corrected chi connectivity index (χ0v) is 25.5. The molecule has 0 radical (unpaired) electrons. The Morgan fingerprint density at radius 1 is 1.21 bits per heavy atom. The van der Waals surface area contributed by atoms with Crippen LogP contribution in [0.3, 0.4) is 0 Å². The minimum absolute atomic E-state index is 0.157. The van der Waals surface area contributed by atoms with Gasteiger partial charge in [-0.2, -0.15) is 15.1 Å². The Morgan fingerprint density at radius 3 is 2.64 bits per heavy atom. The Kier molecular flexibility index (Phi) is 8.55. The fourth-order valence-electron chi connectivity index (χ4n) is 4.38. The summed E-state index contributed by atoms with van der Waals surface area (Å²) in [5, 5.41) is 8.27. The molecule has 0 spiro atoms. The average molecular weight is 558 g/mol. The fourth-order valence-corrected chi connectivity index (χ4v) is 5.13. The van der Waals surface area contributed by atoms with Crippen molar-refractivity contribution in [3.63, 3.8) is 0 Å². The van der Waals surface area contributed by atoms with Crippen LogP contribution in [-0.4, -0.2) is 75.3 Å². The van der Waals surface area contributed by atoms with Crippen LogP contribution in [0, 0.1) is 11.8 Å². The van der Waals surface area contributed by atoms with Crippen molar-refractivity contribution in [1.82, 2.24) is 29.2 Å². The molecule has 0 aromatic carbocycles. The van der Waals surface area contributed by atoms with E-state index in [1.54, 1.807) is 15.8 Å². The SMILES string of the molecule is C[C@H]1CN(C(=O)OC(C)(C)C)C[C@@H]1COc1nc(Nc2cnn(C)c2)nc2c1ccn2COCC[Si](C)(C)C. The molecule has 214 valence electrons. The van der Waals surface area contributed by atoms with Crippen LogP contribution < -0.4 is 10.1 Å². The smallest absolute Gasteiger partial charge is 0.410 e. The quantitative estimate of drug-likeness (QED) is 0.271. The first-order valence-corrected chi connectivity index (χ1v) is 17.3. The van der Waals surface area contributed by atoms with Crippen molar-refractivity contribution in [3.8, 4) is 5.88 Å². The highest BCUT2D eigenvalue weighted by Gasteiger charge is 2.35. The number of aryl methyl sites for hydroxylation is 1. The van der Waals surface area contributed by atoms with Crippen molar-refractivity contribution < 1.29 is 19.0 Å². The van der Waals surface area contributed by atoms with Gasteiger partial charge in [0.2, 0.25) is 11.8 Å². The van der Waals surface area contributed by atoms with Crippen molar-refractivity contribution in [3.05, 3.63) is 24.7 Å². The molecule has 1 fully saturated rings. The van der Waals surface area contributed by atoms with Crippen molar-refractivity contribution in [1.29, 1.82) is 0 Å². The summed E-state index contributed by atoms with van der Waals surface area (Å²) in [4.78, 5) is 23.8. The number of nitrogens with one attached hydrogen (secondary N) is 1. The van der Waals surface area contributed by atoms with Gasteiger partial charge >= 0.3 is 6.09 Å². The monoisotopic (exact) mass is 557 g/mol. The number of carbonyl (C=O) groups excluding carboxylic acids is 1. The highest BCUT2D eigenvalue weighted by molar-refractivity contribution is 6.76. The second-order valence-electron chi connectivity index (χ2n) is 12.7. The van der Waals surface area contributed by atoms with E-state index in [-0.39, 0.29) is 17.9 Å². The second kappa shape index (κ2) is 11.5. The van der Waals surface area contributed by atoms with Crippen LogP contribution in [0.25, 0.3) is 11.0 Å². The molecule has 2 atom stereocenters. The molecular weight excluding hydrogens is 514 g/mol. The first-order chi connectivity index (χ1) is 18.3. The minimum Gasteiger partial charge on any atom is -0.477 e. The number of hydrogen-bond donors (Lipinski definition) is 1. The van der Waals surface area contributed by atoms with Gasteiger partial charge in [-0.25, -0.2) is 4.79 Å². The van der Waals surface area contributed by atoms with Gasteiger partial charge in [-0.05, 0) is 38.8 Å². The van der Waals surface area contributed by atoms with E-state index in [0.717, 1.165) is 29.4 Å². The molecule has 39 heavy (non-hydrogen) atoms. The van der Waals surface area contributed by atoms with Gasteiger partial charge in [-0.3, -0.25) is 4.68 Å². The van der Waals surface area contributed by atoms with Crippen LogP contribution in [0.5, 0.6) is 5.88 Å². The maximum Gasteiger partial charge on any atom is 0.410 e. The molecule has 0 aliphatic carbocycles. The Bertz CT molecular complexity index is 1280. The number of fused-ring (bicyclic) bond motifs is 1. The predicted octanol–water partition coefficient (Wildman–Crippen LogP) is 5.10. The fraction of sp³-hybridized carbons (Fsp3) is 0.630. The van der Waals surface area contributed by atoms with Crippen LogP contribution >= 0.6 is 0 Å². The Hall–Kier alpha value is -3.12. The lowest BCUT2D eigenvalue weighted by molar-refractivity contribution is 0.0282. The molecule has 1 saturated heterocycles. The lowest BCUT2D eigenvalue weighted by atomic mass is 9.99. The van der Waals surface area contributed by atoms with E-state index in [4.69, 9.17) is 24.2 Å². The van der Waals surface area contributed by atoms with Gasteiger partial charge in [0.25, 0.3) is 0 Å². The molecule has 1 amide bonds. The summed E-state index contributed by atoms with van der Waals surface area (Å²) in [6.45, 7) is 17.6. The van der Waals surface area contributed by atoms with Crippen molar-refractivity contribution >= 4 is 36.8 Å². The molecule has 4 rings (SSSR count). The van der Waals surface area contributed by atoms with Gasteiger partial charge in [0, 0.05) is 53.1 Å². The maximum atomic E-state index is 12.6. The Morgan fingerprint density at radius 2 is 1.97 bits per heavy atom. The van der Waals surface area contributed by atoms with Crippen LogP contribution in [0.4, 0.5) is 16.4 Å². The number of nitrogens with zero attached hydrogens (tertiary/aromatic N) is 6. The van der Waals surface area contributed by atoms with E-state index in [9.17, 15) is 4.79 Å². The van der Waals surface area contributed by atoms with E-state index in [0.29, 0.717) is 38.3 Å². The molecule has 0 saturated carbocycles. The van der Waals surface area contributed by atoms with E-state index < -0.39 is 13.7 Å². The third kappa shape index (κ3) is 7.95. The Labute approximate surface area is 231 Å². The molecule has 4 heterocycles. The molecule has 1 aliphatic heterocycles. The number of amides is 1. The largest absolute Gasteiger partial charge is 0.477 e. The van der Waals surface area contributed by atoms with Crippen molar-refractivity contribution in [2.24, 2.45) is 18.9 Å². The van der Waals surface area contributed by atoms with E-state index in [1.165, 1.54) is 0 Å². The van der Waals surface area contributed by atoms with Gasteiger partial charge in [0.05, 0.1) is 23.9 Å². The predicted molar refractivity (Wildman–Crippen MR) is 154 cm³/mol. The summed E-state index contributed by atoms with van der Waals surface area (Å²) in [6, 6.07) is 3.06. The van der Waals surface area contributed by atoms with Crippen LogP contribution in [0.15, 0.2) is 24.7 Å². The Balaban J connectivity index is 1.50. The molecule has 3 aromatic heterocycles. The third-order valence-electron chi connectivity index (χ3n) is 6.63. The molecule has 3 aromatic rings. The molecule has 1 aliphatic rings. The lowest BCUT2D eigenvalue weighted by Crippen LogP contribution is -2.35. The second-order valence-corrected chi connectivity index (χ2v) is 18.3. The molecule has 12 heteroatoms.